The van der Waals surface area contributed by atoms with Crippen LogP contribution in [0.1, 0.15) is 0 Å². The molecule has 0 unspecified atom stereocenters. The van der Waals surface area contributed by atoms with Gasteiger partial charge in [-0.2, -0.15) is 0 Å². The number of fused-ring (bicyclic) bond motifs is 1. The molecule has 0 amide bonds. The van der Waals surface area contributed by atoms with Crippen LogP contribution in [0.3, 0.4) is 0 Å². The number of phenols is 1. The number of anilines is 1. The van der Waals surface area contributed by atoms with E-state index in [2.05, 4.69) is 20.8 Å². The quantitative estimate of drug-likeness (QED) is 0.722. The fourth-order valence-corrected chi connectivity index (χ4v) is 4.21. The third kappa shape index (κ3) is 2.80. The molecule has 118 valence electrons. The number of halogens is 1. The van der Waals surface area contributed by atoms with Crippen molar-refractivity contribution in [2.45, 2.75) is 0 Å². The molecule has 23 heavy (non-hydrogen) atoms. The molecule has 3 heterocycles. The van der Waals surface area contributed by atoms with Crippen molar-refractivity contribution >= 4 is 43.4 Å². The molecule has 2 aromatic heterocycles. The van der Waals surface area contributed by atoms with Gasteiger partial charge in [-0.3, -0.25) is 0 Å². The molecular formula is C16H14BrN3O2S. The van der Waals surface area contributed by atoms with E-state index in [0.717, 1.165) is 39.0 Å². The molecule has 4 rings (SSSR count). The minimum absolute atomic E-state index is 0.234. The van der Waals surface area contributed by atoms with Crippen LogP contribution < -0.4 is 4.90 Å². The van der Waals surface area contributed by atoms with Crippen LogP contribution in [-0.2, 0) is 4.74 Å². The minimum Gasteiger partial charge on any atom is -0.508 e. The van der Waals surface area contributed by atoms with Crippen molar-refractivity contribution in [3.05, 3.63) is 34.1 Å². The standard InChI is InChI=1S/C16H14BrN3O2S/c17-12-9-23-15-13(10-2-1-3-11(21)8-10)18-16(19-14(12)15)20-4-6-22-7-5-20/h1-3,8-9,21H,4-7H2. The van der Waals surface area contributed by atoms with Gasteiger partial charge in [0, 0.05) is 24.0 Å². The molecule has 0 spiro atoms. The summed E-state index contributed by atoms with van der Waals surface area (Å²) in [5.41, 5.74) is 2.65. The average Bonchev–Trinajstić information content (AvgIpc) is 2.96. The van der Waals surface area contributed by atoms with Gasteiger partial charge in [0.1, 0.15) is 11.3 Å². The molecule has 5 nitrogen and oxygen atoms in total. The van der Waals surface area contributed by atoms with E-state index in [1.807, 2.05) is 17.5 Å². The monoisotopic (exact) mass is 391 g/mol. The largest absolute Gasteiger partial charge is 0.508 e. The Morgan fingerprint density at radius 1 is 1.22 bits per heavy atom. The number of phenolic OH excluding ortho intramolecular Hbond substituents is 1. The Kier molecular flexibility index (Phi) is 3.92. The number of morpholine rings is 1. The highest BCUT2D eigenvalue weighted by atomic mass is 79.9. The fourth-order valence-electron chi connectivity index (χ4n) is 2.63. The van der Waals surface area contributed by atoms with E-state index in [9.17, 15) is 5.11 Å². The van der Waals surface area contributed by atoms with E-state index >= 15 is 0 Å². The molecule has 0 bridgehead atoms. The molecule has 3 aromatic rings. The first-order valence-corrected chi connectivity index (χ1v) is 8.96. The molecule has 7 heteroatoms. The van der Waals surface area contributed by atoms with Gasteiger partial charge in [-0.25, -0.2) is 9.97 Å². The number of thiophene rings is 1. The molecule has 0 atom stereocenters. The molecule has 1 aliphatic rings. The molecule has 1 aliphatic heterocycles. The number of rotatable bonds is 2. The highest BCUT2D eigenvalue weighted by Crippen LogP contribution is 2.37. The maximum absolute atomic E-state index is 9.79. The number of aromatic nitrogens is 2. The summed E-state index contributed by atoms with van der Waals surface area (Å²) in [6.07, 6.45) is 0. The van der Waals surface area contributed by atoms with Crippen molar-refractivity contribution in [2.75, 3.05) is 31.2 Å². The highest BCUT2D eigenvalue weighted by Gasteiger charge is 2.19. The second kappa shape index (κ2) is 6.07. The molecule has 0 aliphatic carbocycles. The lowest BCUT2D eigenvalue weighted by atomic mass is 10.1. The smallest absolute Gasteiger partial charge is 0.226 e. The van der Waals surface area contributed by atoms with Crippen LogP contribution in [0.15, 0.2) is 34.1 Å². The molecule has 1 aromatic carbocycles. The van der Waals surface area contributed by atoms with Gasteiger partial charge in [0.25, 0.3) is 0 Å². The number of ether oxygens (including phenoxy) is 1. The van der Waals surface area contributed by atoms with Crippen LogP contribution in [-0.4, -0.2) is 41.4 Å². The summed E-state index contributed by atoms with van der Waals surface area (Å²) in [5.74, 6) is 0.941. The Hall–Kier alpha value is -1.70. The lowest BCUT2D eigenvalue weighted by Crippen LogP contribution is -2.37. The van der Waals surface area contributed by atoms with Gasteiger partial charge in [-0.05, 0) is 28.1 Å². The first-order chi connectivity index (χ1) is 11.2. The van der Waals surface area contributed by atoms with Crippen LogP contribution in [0.5, 0.6) is 5.75 Å². The Bertz CT molecular complexity index is 862. The van der Waals surface area contributed by atoms with Gasteiger partial charge in [0.15, 0.2) is 0 Å². The zero-order chi connectivity index (χ0) is 15.8. The van der Waals surface area contributed by atoms with Crippen LogP contribution >= 0.6 is 27.3 Å². The van der Waals surface area contributed by atoms with Crippen molar-refractivity contribution in [1.82, 2.24) is 9.97 Å². The van der Waals surface area contributed by atoms with Crippen molar-refractivity contribution < 1.29 is 9.84 Å². The molecule has 0 saturated carbocycles. The molecule has 1 N–H and O–H groups in total. The number of aromatic hydroxyl groups is 1. The lowest BCUT2D eigenvalue weighted by Gasteiger charge is -2.27. The molecule has 0 radical (unpaired) electrons. The summed E-state index contributed by atoms with van der Waals surface area (Å²) in [6.45, 7) is 2.95. The van der Waals surface area contributed by atoms with E-state index in [1.54, 1.807) is 23.5 Å². The summed E-state index contributed by atoms with van der Waals surface area (Å²) >= 11 is 5.17. The Balaban J connectivity index is 1.91. The number of hydrogen-bond acceptors (Lipinski definition) is 6. The summed E-state index contributed by atoms with van der Waals surface area (Å²) in [4.78, 5) is 11.7. The Morgan fingerprint density at radius 3 is 2.83 bits per heavy atom. The van der Waals surface area contributed by atoms with E-state index in [-0.39, 0.29) is 5.75 Å². The van der Waals surface area contributed by atoms with Crippen molar-refractivity contribution in [3.63, 3.8) is 0 Å². The average molecular weight is 392 g/mol. The summed E-state index contributed by atoms with van der Waals surface area (Å²) in [7, 11) is 0. The third-order valence-electron chi connectivity index (χ3n) is 3.77. The van der Waals surface area contributed by atoms with E-state index in [4.69, 9.17) is 14.7 Å². The lowest BCUT2D eigenvalue weighted by molar-refractivity contribution is 0.122. The summed E-state index contributed by atoms with van der Waals surface area (Å²) in [5, 5.41) is 11.8. The Labute approximate surface area is 145 Å². The Morgan fingerprint density at radius 2 is 2.04 bits per heavy atom. The van der Waals surface area contributed by atoms with E-state index in [0.29, 0.717) is 19.2 Å². The van der Waals surface area contributed by atoms with Crippen molar-refractivity contribution in [2.24, 2.45) is 0 Å². The van der Waals surface area contributed by atoms with Gasteiger partial charge in [-0.15, -0.1) is 11.3 Å². The first kappa shape index (κ1) is 14.9. The molecular weight excluding hydrogens is 378 g/mol. The van der Waals surface area contributed by atoms with Gasteiger partial charge < -0.3 is 14.7 Å². The summed E-state index contributed by atoms with van der Waals surface area (Å²) in [6, 6.07) is 7.18. The summed E-state index contributed by atoms with van der Waals surface area (Å²) < 4.78 is 7.39. The maximum atomic E-state index is 9.79. The number of nitrogens with zero attached hydrogens (tertiary/aromatic N) is 3. The molecule has 1 fully saturated rings. The predicted octanol–water partition coefficient (Wildman–Crippen LogP) is 3.66. The SMILES string of the molecule is Oc1cccc(-c2nc(N3CCOCC3)nc3c(Br)csc23)c1. The van der Waals surface area contributed by atoms with Crippen LogP contribution in [0, 0.1) is 0 Å². The van der Waals surface area contributed by atoms with Crippen molar-refractivity contribution in [1.29, 1.82) is 0 Å². The fraction of sp³-hybridized carbons (Fsp3) is 0.250. The third-order valence-corrected chi connectivity index (χ3v) is 5.66. The highest BCUT2D eigenvalue weighted by molar-refractivity contribution is 9.10. The van der Waals surface area contributed by atoms with Gasteiger partial charge in [0.05, 0.1) is 28.1 Å². The minimum atomic E-state index is 0.234. The second-order valence-electron chi connectivity index (χ2n) is 5.28. The van der Waals surface area contributed by atoms with E-state index < -0.39 is 0 Å². The van der Waals surface area contributed by atoms with Gasteiger partial charge >= 0.3 is 0 Å². The van der Waals surface area contributed by atoms with E-state index in [1.165, 1.54) is 0 Å². The van der Waals surface area contributed by atoms with Crippen LogP contribution in [0.25, 0.3) is 21.5 Å². The second-order valence-corrected chi connectivity index (χ2v) is 7.02. The van der Waals surface area contributed by atoms with Gasteiger partial charge in [-0.1, -0.05) is 12.1 Å². The number of hydrogen-bond donors (Lipinski definition) is 1. The topological polar surface area (TPSA) is 58.5 Å². The van der Waals surface area contributed by atoms with Crippen LogP contribution in [0.4, 0.5) is 5.95 Å². The zero-order valence-electron chi connectivity index (χ0n) is 12.2. The van der Waals surface area contributed by atoms with Crippen molar-refractivity contribution in [3.8, 4) is 17.0 Å². The molecule has 1 saturated heterocycles. The maximum Gasteiger partial charge on any atom is 0.226 e. The predicted molar refractivity (Wildman–Crippen MR) is 95.2 cm³/mol. The first-order valence-electron chi connectivity index (χ1n) is 7.29. The zero-order valence-corrected chi connectivity index (χ0v) is 14.6. The van der Waals surface area contributed by atoms with Crippen LogP contribution in [0.2, 0.25) is 0 Å². The van der Waals surface area contributed by atoms with Gasteiger partial charge in [0.2, 0.25) is 5.95 Å². The number of benzene rings is 1. The normalized spacial score (nSPS) is 15.3.